The first-order valence-corrected chi connectivity index (χ1v) is 14.8. The predicted molar refractivity (Wildman–Crippen MR) is 166 cm³/mol. The zero-order chi connectivity index (χ0) is 33.7. The minimum atomic E-state index is -3.08. The Morgan fingerprint density at radius 2 is 1.58 bits per heavy atom. The van der Waals surface area contributed by atoms with Crippen molar-refractivity contribution < 1.29 is 32.3 Å². The van der Waals surface area contributed by atoms with Gasteiger partial charge in [0.2, 0.25) is 5.91 Å². The van der Waals surface area contributed by atoms with Gasteiger partial charge in [-0.2, -0.15) is 0 Å². The van der Waals surface area contributed by atoms with Gasteiger partial charge in [-0.15, -0.1) is 0 Å². The van der Waals surface area contributed by atoms with Gasteiger partial charge in [0.15, 0.2) is 0 Å². The number of nitrogens with zero attached hydrogens (tertiary/aromatic N) is 2. The zero-order valence-electron chi connectivity index (χ0n) is 26.7. The van der Waals surface area contributed by atoms with Crippen molar-refractivity contribution in [1.29, 1.82) is 0 Å². The van der Waals surface area contributed by atoms with Gasteiger partial charge in [-0.05, 0) is 117 Å². The van der Waals surface area contributed by atoms with Gasteiger partial charge < -0.3 is 19.9 Å². The molecule has 0 aliphatic rings. The van der Waals surface area contributed by atoms with E-state index in [1.54, 1.807) is 33.8 Å². The molecule has 2 unspecified atom stereocenters. The zero-order valence-corrected chi connectivity index (χ0v) is 26.7. The fraction of sp³-hybridized carbons (Fsp3) is 0.441. The van der Waals surface area contributed by atoms with Crippen molar-refractivity contribution in [2.24, 2.45) is 5.92 Å². The number of benzene rings is 2. The normalized spacial score (nSPS) is 13.0. The van der Waals surface area contributed by atoms with E-state index in [2.05, 4.69) is 5.32 Å². The second kappa shape index (κ2) is 14.9. The molecule has 1 aromatic heterocycles. The van der Waals surface area contributed by atoms with Gasteiger partial charge in [-0.1, -0.05) is 13.8 Å². The summed E-state index contributed by atoms with van der Waals surface area (Å²) in [7, 11) is 3.63. The number of aromatic nitrogens is 1. The second-order valence-corrected chi connectivity index (χ2v) is 12.3. The minimum absolute atomic E-state index is 0.0703. The molecule has 1 amide bonds. The van der Waals surface area contributed by atoms with Crippen LogP contribution in [0.3, 0.4) is 0 Å². The van der Waals surface area contributed by atoms with E-state index in [9.17, 15) is 32.7 Å². The van der Waals surface area contributed by atoms with Crippen molar-refractivity contribution >= 4 is 11.9 Å². The minimum Gasteiger partial charge on any atom is -0.481 e. The highest BCUT2D eigenvalue weighted by atomic mass is 19.3. The Kier molecular flexibility index (Phi) is 11.7. The predicted octanol–water partition coefficient (Wildman–Crippen LogP) is 6.68. The molecule has 0 aliphatic carbocycles. The fourth-order valence-corrected chi connectivity index (χ4v) is 5.60. The monoisotopic (exact) mass is 631 g/mol. The molecule has 0 saturated carbocycles. The molecule has 2 N–H and O–H groups in total. The van der Waals surface area contributed by atoms with Gasteiger partial charge in [0.1, 0.15) is 17.7 Å². The van der Waals surface area contributed by atoms with Gasteiger partial charge in [-0.3, -0.25) is 14.4 Å². The highest BCUT2D eigenvalue weighted by Gasteiger charge is 2.30. The van der Waals surface area contributed by atoms with Gasteiger partial charge >= 0.3 is 5.97 Å². The average molecular weight is 632 g/mol. The molecule has 3 aromatic rings. The number of nitrogens with one attached hydrogen (secondary N) is 1. The van der Waals surface area contributed by atoms with Crippen molar-refractivity contribution in [2.75, 3.05) is 20.6 Å². The highest BCUT2D eigenvalue weighted by Crippen LogP contribution is 2.34. The number of alkyl halides is 2. The summed E-state index contributed by atoms with van der Waals surface area (Å²) in [6.45, 7) is 9.00. The molecule has 2 aromatic carbocycles. The molecule has 0 fully saturated rings. The maximum Gasteiger partial charge on any atom is 0.305 e. The van der Waals surface area contributed by atoms with E-state index >= 15 is 4.39 Å². The first-order chi connectivity index (χ1) is 21.0. The molecule has 0 bridgehead atoms. The number of carbonyl (C=O) groups is 2. The van der Waals surface area contributed by atoms with Crippen LogP contribution in [0.25, 0.3) is 11.1 Å². The Labute approximate surface area is 260 Å². The lowest BCUT2D eigenvalue weighted by molar-refractivity contribution is -0.138. The number of likely N-dealkylation sites (N-methyl/N-ethyl adjacent to an activating group) is 1. The van der Waals surface area contributed by atoms with Crippen molar-refractivity contribution in [2.45, 2.75) is 72.4 Å². The number of hydrogen-bond acceptors (Lipinski definition) is 4. The Balaban J connectivity index is 2.15. The van der Waals surface area contributed by atoms with Gasteiger partial charge in [0, 0.05) is 18.3 Å². The van der Waals surface area contributed by atoms with E-state index in [1.165, 1.54) is 31.3 Å². The quantitative estimate of drug-likeness (QED) is 0.206. The summed E-state index contributed by atoms with van der Waals surface area (Å²) in [6, 6.07) is 4.18. The van der Waals surface area contributed by atoms with Gasteiger partial charge in [-0.25, -0.2) is 17.6 Å². The highest BCUT2D eigenvalue weighted by molar-refractivity contribution is 5.82. The topological polar surface area (TPSA) is 91.6 Å². The Bertz CT molecular complexity index is 1590. The standard InChI is InChI=1S/C34H41F4N3O4/c1-18(2)10-28(41-17-22(8-9-40(6)7)14-26(32(37)38)34(41)45)33(44)39-27(16-29(42)43)25-15-23(11-21(5)31(25)36)30-19(3)12-24(35)13-20(30)4/h11-15,17-18,27-28,32H,8-10,16H2,1-7H3,(H,39,44)(H,42,43). The number of hydrogen-bond donors (Lipinski definition) is 2. The second-order valence-electron chi connectivity index (χ2n) is 12.3. The van der Waals surface area contributed by atoms with Crippen LogP contribution in [0, 0.1) is 38.3 Å². The first kappa shape index (κ1) is 35.5. The van der Waals surface area contributed by atoms with Crippen LogP contribution >= 0.6 is 0 Å². The molecule has 1 heterocycles. The largest absolute Gasteiger partial charge is 0.481 e. The number of carboxylic acid groups (broad SMARTS) is 1. The third-order valence-corrected chi connectivity index (χ3v) is 7.68. The SMILES string of the molecule is Cc1cc(-c2c(C)cc(F)cc2C)cc(C(CC(=O)O)NC(=O)C(CC(C)C)n2cc(CCN(C)C)cc(C(F)F)c2=O)c1F. The molecule has 0 radical (unpaired) electrons. The maximum absolute atomic E-state index is 15.7. The summed E-state index contributed by atoms with van der Waals surface area (Å²) in [5, 5.41) is 12.4. The summed E-state index contributed by atoms with van der Waals surface area (Å²) < 4.78 is 58.7. The number of amides is 1. The first-order valence-electron chi connectivity index (χ1n) is 14.8. The van der Waals surface area contributed by atoms with Crippen LogP contribution in [0.1, 0.15) is 78.6 Å². The average Bonchev–Trinajstić information content (AvgIpc) is 2.91. The van der Waals surface area contributed by atoms with Gasteiger partial charge in [0.05, 0.1) is 18.0 Å². The maximum atomic E-state index is 15.7. The lowest BCUT2D eigenvalue weighted by Crippen LogP contribution is -2.41. The van der Waals surface area contributed by atoms with Crippen LogP contribution in [0.5, 0.6) is 0 Å². The summed E-state index contributed by atoms with van der Waals surface area (Å²) in [6.07, 6.45) is -1.97. The van der Waals surface area contributed by atoms with Crippen molar-refractivity contribution in [1.82, 2.24) is 14.8 Å². The molecule has 2 atom stereocenters. The van der Waals surface area contributed by atoms with Crippen LogP contribution in [0.2, 0.25) is 0 Å². The van der Waals surface area contributed by atoms with E-state index in [4.69, 9.17) is 0 Å². The van der Waals surface area contributed by atoms with E-state index in [1.807, 2.05) is 19.0 Å². The van der Waals surface area contributed by atoms with Crippen LogP contribution in [0.4, 0.5) is 17.6 Å². The van der Waals surface area contributed by atoms with Crippen LogP contribution < -0.4 is 10.9 Å². The summed E-state index contributed by atoms with van der Waals surface area (Å²) in [5.41, 5.74) is 1.06. The third kappa shape index (κ3) is 8.81. The number of aliphatic carboxylic acids is 1. The van der Waals surface area contributed by atoms with E-state index in [-0.39, 0.29) is 23.5 Å². The Hall–Kier alpha value is -3.99. The van der Waals surface area contributed by atoms with Crippen molar-refractivity contribution in [3.63, 3.8) is 0 Å². The summed E-state index contributed by atoms with van der Waals surface area (Å²) in [5.74, 6) is -3.46. The summed E-state index contributed by atoms with van der Waals surface area (Å²) >= 11 is 0. The van der Waals surface area contributed by atoms with E-state index in [0.29, 0.717) is 40.8 Å². The molecule has 11 heteroatoms. The van der Waals surface area contributed by atoms with E-state index < -0.39 is 59.6 Å². The fourth-order valence-electron chi connectivity index (χ4n) is 5.60. The number of halogens is 4. The number of rotatable bonds is 13. The molecular weight excluding hydrogens is 590 g/mol. The molecule has 244 valence electrons. The Morgan fingerprint density at radius 3 is 2.11 bits per heavy atom. The summed E-state index contributed by atoms with van der Waals surface area (Å²) in [4.78, 5) is 41.0. The van der Waals surface area contributed by atoms with Crippen LogP contribution in [0.15, 0.2) is 41.3 Å². The van der Waals surface area contributed by atoms with Gasteiger partial charge in [0.25, 0.3) is 12.0 Å². The molecule has 0 saturated heterocycles. The van der Waals surface area contributed by atoms with Crippen LogP contribution in [-0.2, 0) is 16.0 Å². The number of carbonyl (C=O) groups excluding carboxylic acids is 1. The van der Waals surface area contributed by atoms with Crippen LogP contribution in [-0.4, -0.2) is 47.1 Å². The molecule has 0 spiro atoms. The molecule has 7 nitrogen and oxygen atoms in total. The Morgan fingerprint density at radius 1 is 0.956 bits per heavy atom. The molecular formula is C34H41F4N3O4. The molecule has 3 rings (SSSR count). The van der Waals surface area contributed by atoms with Crippen molar-refractivity contribution in [3.8, 4) is 11.1 Å². The van der Waals surface area contributed by atoms with Crippen molar-refractivity contribution in [3.05, 3.63) is 91.9 Å². The lowest BCUT2D eigenvalue weighted by atomic mass is 9.90. The molecule has 45 heavy (non-hydrogen) atoms. The lowest BCUT2D eigenvalue weighted by Gasteiger charge is -2.27. The third-order valence-electron chi connectivity index (χ3n) is 7.68. The number of pyridine rings is 1. The number of carboxylic acids is 1. The number of aryl methyl sites for hydroxylation is 3. The molecule has 0 aliphatic heterocycles. The smallest absolute Gasteiger partial charge is 0.305 e. The van der Waals surface area contributed by atoms with E-state index in [0.717, 1.165) is 10.6 Å².